The van der Waals surface area contributed by atoms with Crippen LogP contribution in [0, 0.1) is 5.82 Å². The number of Topliss-reactive ketones (excluding diaryl/α,β-unsaturated/α-hetero) is 1. The zero-order valence-corrected chi connectivity index (χ0v) is 17.9. The Balaban J connectivity index is 1.69. The van der Waals surface area contributed by atoms with E-state index in [1.165, 1.54) is 42.5 Å². The van der Waals surface area contributed by atoms with Crippen LogP contribution in [0.3, 0.4) is 0 Å². The summed E-state index contributed by atoms with van der Waals surface area (Å²) in [5.74, 6) is -1.88. The van der Waals surface area contributed by atoms with Gasteiger partial charge in [0.1, 0.15) is 11.6 Å². The monoisotopic (exact) mass is 464 g/mol. The molecule has 0 saturated carbocycles. The molecular weight excluding hydrogens is 444 g/mol. The van der Waals surface area contributed by atoms with E-state index in [4.69, 9.17) is 0 Å². The molecule has 6 heteroatoms. The molecule has 0 spiro atoms. The summed E-state index contributed by atoms with van der Waals surface area (Å²) in [5.41, 5.74) is 3.01. The Morgan fingerprint density at radius 3 is 2.12 bits per heavy atom. The summed E-state index contributed by atoms with van der Waals surface area (Å²) in [7, 11) is 0. The van der Waals surface area contributed by atoms with Gasteiger partial charge in [-0.15, -0.1) is 13.2 Å². The van der Waals surface area contributed by atoms with Gasteiger partial charge in [-0.2, -0.15) is 0 Å². The van der Waals surface area contributed by atoms with Gasteiger partial charge in [0.2, 0.25) is 0 Å². The van der Waals surface area contributed by atoms with E-state index in [1.807, 2.05) is 36.4 Å². The van der Waals surface area contributed by atoms with Gasteiger partial charge in [0.05, 0.1) is 11.5 Å². The Morgan fingerprint density at radius 1 is 0.765 bits per heavy atom. The molecule has 0 N–H and O–H groups in total. The number of carbonyl (C=O) groups is 1. The molecule has 4 aromatic rings. The summed E-state index contributed by atoms with van der Waals surface area (Å²) >= 11 is 0. The Labute approximate surface area is 194 Å². The number of ether oxygens (including phenoxy) is 1. The summed E-state index contributed by atoms with van der Waals surface area (Å²) in [6.07, 6.45) is -4.39. The lowest BCUT2D eigenvalue weighted by Crippen LogP contribution is -2.17. The molecule has 0 amide bonds. The van der Waals surface area contributed by atoms with E-state index in [0.717, 1.165) is 11.1 Å². The van der Waals surface area contributed by atoms with Crippen LogP contribution in [0.5, 0.6) is 5.75 Å². The molecule has 1 unspecified atom stereocenters. The third kappa shape index (κ3) is 5.70. The van der Waals surface area contributed by atoms with E-state index < -0.39 is 18.1 Å². The molecule has 0 bridgehead atoms. The maximum absolute atomic E-state index is 14.4. The molecule has 0 fully saturated rings. The molecule has 1 atom stereocenters. The summed E-state index contributed by atoms with van der Waals surface area (Å²) in [4.78, 5) is 13.4. The Morgan fingerprint density at radius 2 is 1.44 bits per heavy atom. The first-order valence-corrected chi connectivity index (χ1v) is 10.6. The fraction of sp³-hybridized carbons (Fsp3) is 0.107. The van der Waals surface area contributed by atoms with Crippen LogP contribution in [0.25, 0.3) is 11.1 Å². The standard InChI is InChI=1S/C28H20F4O2/c29-26-12-5-4-11-24(26)27(33)25(17-19-7-2-1-3-8-19)22-10-6-9-21(18-22)20-13-15-23(16-14-20)34-28(30,31)32/h1-16,18,25H,17H2. The lowest BCUT2D eigenvalue weighted by Gasteiger charge is -2.18. The van der Waals surface area contributed by atoms with Crippen LogP contribution in [0.2, 0.25) is 0 Å². The van der Waals surface area contributed by atoms with Crippen molar-refractivity contribution in [2.75, 3.05) is 0 Å². The van der Waals surface area contributed by atoms with Gasteiger partial charge >= 0.3 is 6.36 Å². The number of ketones is 1. The van der Waals surface area contributed by atoms with Crippen LogP contribution in [0.15, 0.2) is 103 Å². The van der Waals surface area contributed by atoms with E-state index >= 15 is 0 Å². The van der Waals surface area contributed by atoms with Crippen molar-refractivity contribution in [3.8, 4) is 16.9 Å². The minimum absolute atomic E-state index is 0.0162. The molecule has 34 heavy (non-hydrogen) atoms. The quantitative estimate of drug-likeness (QED) is 0.208. The summed E-state index contributed by atoms with van der Waals surface area (Å²) in [6, 6.07) is 28.0. The zero-order valence-electron chi connectivity index (χ0n) is 17.9. The van der Waals surface area contributed by atoms with Crippen LogP contribution in [0.4, 0.5) is 17.6 Å². The van der Waals surface area contributed by atoms with Crippen molar-refractivity contribution < 1.29 is 27.1 Å². The van der Waals surface area contributed by atoms with E-state index in [1.54, 1.807) is 24.3 Å². The van der Waals surface area contributed by atoms with Crippen molar-refractivity contribution in [1.29, 1.82) is 0 Å². The van der Waals surface area contributed by atoms with E-state index in [2.05, 4.69) is 4.74 Å². The fourth-order valence-electron chi connectivity index (χ4n) is 3.84. The highest BCUT2D eigenvalue weighted by atomic mass is 19.4. The van der Waals surface area contributed by atoms with Crippen molar-refractivity contribution in [3.63, 3.8) is 0 Å². The molecule has 0 aliphatic rings. The second-order valence-electron chi connectivity index (χ2n) is 7.78. The van der Waals surface area contributed by atoms with Crippen molar-refractivity contribution in [2.24, 2.45) is 0 Å². The fourth-order valence-corrected chi connectivity index (χ4v) is 3.84. The first-order valence-electron chi connectivity index (χ1n) is 10.6. The highest BCUT2D eigenvalue weighted by Crippen LogP contribution is 2.31. The largest absolute Gasteiger partial charge is 0.573 e. The molecular formula is C28H20F4O2. The number of hydrogen-bond donors (Lipinski definition) is 0. The number of hydrogen-bond acceptors (Lipinski definition) is 2. The van der Waals surface area contributed by atoms with Gasteiger partial charge in [0.15, 0.2) is 5.78 Å². The van der Waals surface area contributed by atoms with Gasteiger partial charge < -0.3 is 4.74 Å². The maximum Gasteiger partial charge on any atom is 0.573 e. The summed E-state index contributed by atoms with van der Waals surface area (Å²) in [6.45, 7) is 0. The molecule has 2 nitrogen and oxygen atoms in total. The minimum Gasteiger partial charge on any atom is -0.406 e. The number of benzene rings is 4. The lowest BCUT2D eigenvalue weighted by atomic mass is 9.84. The molecule has 0 heterocycles. The van der Waals surface area contributed by atoms with Crippen LogP contribution in [-0.2, 0) is 6.42 Å². The zero-order chi connectivity index (χ0) is 24.1. The second kappa shape index (κ2) is 9.91. The molecule has 4 aromatic carbocycles. The average molecular weight is 464 g/mol. The maximum atomic E-state index is 14.4. The molecule has 0 aliphatic carbocycles. The Kier molecular flexibility index (Phi) is 6.77. The predicted molar refractivity (Wildman–Crippen MR) is 122 cm³/mol. The van der Waals surface area contributed by atoms with Gasteiger partial charge in [-0.05, 0) is 52.9 Å². The van der Waals surface area contributed by atoms with Crippen LogP contribution < -0.4 is 4.74 Å². The summed E-state index contributed by atoms with van der Waals surface area (Å²) < 4.78 is 55.7. The highest BCUT2D eigenvalue weighted by molar-refractivity contribution is 6.01. The van der Waals surface area contributed by atoms with Gasteiger partial charge in [0, 0.05) is 0 Å². The molecule has 0 aromatic heterocycles. The van der Waals surface area contributed by atoms with Crippen molar-refractivity contribution in [3.05, 3.63) is 126 Å². The van der Waals surface area contributed by atoms with Gasteiger partial charge in [-0.25, -0.2) is 4.39 Å². The smallest absolute Gasteiger partial charge is 0.406 e. The SMILES string of the molecule is O=C(c1ccccc1F)C(Cc1ccccc1)c1cccc(-c2ccc(OC(F)(F)F)cc2)c1. The normalized spacial score (nSPS) is 12.2. The van der Waals surface area contributed by atoms with Crippen molar-refractivity contribution >= 4 is 5.78 Å². The number of rotatable bonds is 7. The van der Waals surface area contributed by atoms with Crippen LogP contribution >= 0.6 is 0 Å². The van der Waals surface area contributed by atoms with Crippen LogP contribution in [-0.4, -0.2) is 12.1 Å². The number of alkyl halides is 3. The molecule has 0 radical (unpaired) electrons. The van der Waals surface area contributed by atoms with Gasteiger partial charge in [0.25, 0.3) is 0 Å². The minimum atomic E-state index is -4.76. The molecule has 0 aliphatic heterocycles. The topological polar surface area (TPSA) is 26.3 Å². The van der Waals surface area contributed by atoms with E-state index in [-0.39, 0.29) is 17.1 Å². The molecule has 172 valence electrons. The number of halogens is 4. The van der Waals surface area contributed by atoms with Gasteiger partial charge in [-0.1, -0.05) is 78.9 Å². The highest BCUT2D eigenvalue weighted by Gasteiger charge is 2.31. The Hall–Kier alpha value is -3.93. The first-order chi connectivity index (χ1) is 16.3. The number of carbonyl (C=O) groups excluding carboxylic acids is 1. The third-order valence-corrected chi connectivity index (χ3v) is 5.45. The average Bonchev–Trinajstić information content (AvgIpc) is 2.83. The third-order valence-electron chi connectivity index (χ3n) is 5.45. The van der Waals surface area contributed by atoms with E-state index in [9.17, 15) is 22.4 Å². The summed E-state index contributed by atoms with van der Waals surface area (Å²) in [5, 5.41) is 0. The van der Waals surface area contributed by atoms with Crippen molar-refractivity contribution in [1.82, 2.24) is 0 Å². The Bertz CT molecular complexity index is 1270. The molecule has 0 saturated heterocycles. The van der Waals surface area contributed by atoms with E-state index in [0.29, 0.717) is 17.5 Å². The van der Waals surface area contributed by atoms with Gasteiger partial charge in [-0.3, -0.25) is 4.79 Å². The second-order valence-corrected chi connectivity index (χ2v) is 7.78. The molecule has 4 rings (SSSR count). The van der Waals surface area contributed by atoms with Crippen molar-refractivity contribution in [2.45, 2.75) is 18.7 Å². The van der Waals surface area contributed by atoms with Crippen LogP contribution in [0.1, 0.15) is 27.4 Å². The predicted octanol–water partition coefficient (Wildman–Crippen LogP) is 7.60. The first kappa shape index (κ1) is 23.2. The lowest BCUT2D eigenvalue weighted by molar-refractivity contribution is -0.274.